The standard InChI is InChI=1S/C8H11N3O3S/c1-2-9-8(14)6-5-11(10-15-6)4-3-7(12)13/h5H,2-4H2,1H3,(H-,9,12,13,14). The number of aliphatic carboxylic acids is 1. The molecule has 0 aromatic carbocycles. The molecule has 0 radical (unpaired) electrons. The van der Waals surface area contributed by atoms with Crippen LogP contribution in [0.25, 0.3) is 0 Å². The minimum Gasteiger partial charge on any atom is -0.550 e. The molecule has 6 nitrogen and oxygen atoms in total. The SMILES string of the molecule is CCNC(=O)c1c[n+](CCC(=O)[O-])ns1. The lowest BCUT2D eigenvalue weighted by atomic mass is 10.4. The Morgan fingerprint density at radius 3 is 3.00 bits per heavy atom. The number of carboxylic acid groups (broad SMARTS) is 1. The van der Waals surface area contributed by atoms with E-state index in [-0.39, 0.29) is 18.9 Å². The zero-order valence-electron chi connectivity index (χ0n) is 8.23. The fourth-order valence-electron chi connectivity index (χ4n) is 0.938. The molecule has 15 heavy (non-hydrogen) atoms. The molecule has 1 amide bonds. The van der Waals surface area contributed by atoms with Gasteiger partial charge in [0.05, 0.1) is 4.49 Å². The number of aryl methyl sites for hydroxylation is 1. The highest BCUT2D eigenvalue weighted by molar-refractivity contribution is 7.07. The van der Waals surface area contributed by atoms with Crippen molar-refractivity contribution in [3.05, 3.63) is 11.1 Å². The fraction of sp³-hybridized carbons (Fsp3) is 0.500. The first-order valence-corrected chi connectivity index (χ1v) is 5.25. The number of carboxylic acids is 1. The second-order valence-corrected chi connectivity index (χ2v) is 3.60. The summed E-state index contributed by atoms with van der Waals surface area (Å²) >= 11 is 1.04. The van der Waals surface area contributed by atoms with E-state index in [2.05, 4.69) is 9.81 Å². The van der Waals surface area contributed by atoms with Gasteiger partial charge in [-0.15, -0.1) is 0 Å². The van der Waals surface area contributed by atoms with E-state index in [1.165, 1.54) is 10.9 Å². The first kappa shape index (κ1) is 11.6. The quantitative estimate of drug-likeness (QED) is 0.611. The summed E-state index contributed by atoms with van der Waals surface area (Å²) < 4.78 is 5.32. The molecule has 0 aliphatic rings. The lowest BCUT2D eigenvalue weighted by Crippen LogP contribution is -2.38. The van der Waals surface area contributed by atoms with Crippen LogP contribution in [-0.4, -0.2) is 22.9 Å². The van der Waals surface area contributed by atoms with E-state index in [1.54, 1.807) is 0 Å². The Morgan fingerprint density at radius 2 is 2.40 bits per heavy atom. The van der Waals surface area contributed by atoms with Crippen LogP contribution in [0, 0.1) is 0 Å². The lowest BCUT2D eigenvalue weighted by Gasteiger charge is -1.94. The Labute approximate surface area is 90.7 Å². The average Bonchev–Trinajstić information content (AvgIpc) is 2.63. The molecule has 1 N–H and O–H groups in total. The van der Waals surface area contributed by atoms with Crippen LogP contribution in [0.2, 0.25) is 0 Å². The highest BCUT2D eigenvalue weighted by Crippen LogP contribution is 2.00. The van der Waals surface area contributed by atoms with Crippen LogP contribution < -0.4 is 15.1 Å². The fourth-order valence-corrected chi connectivity index (χ4v) is 1.58. The van der Waals surface area contributed by atoms with Crippen molar-refractivity contribution in [2.45, 2.75) is 19.9 Å². The van der Waals surface area contributed by atoms with Gasteiger partial charge in [0.15, 0.2) is 11.4 Å². The number of carbonyl (C=O) groups excluding carboxylic acids is 2. The molecule has 0 aliphatic carbocycles. The van der Waals surface area contributed by atoms with Gasteiger partial charge in [-0.2, -0.15) is 0 Å². The van der Waals surface area contributed by atoms with Crippen LogP contribution in [0.5, 0.6) is 0 Å². The molecule has 7 heteroatoms. The highest BCUT2D eigenvalue weighted by atomic mass is 32.1. The van der Waals surface area contributed by atoms with E-state index >= 15 is 0 Å². The summed E-state index contributed by atoms with van der Waals surface area (Å²) in [5, 5.41) is 12.8. The maximum atomic E-state index is 11.3. The predicted molar refractivity (Wildman–Crippen MR) is 49.9 cm³/mol. The van der Waals surface area contributed by atoms with Gasteiger partial charge in [-0.1, -0.05) is 4.68 Å². The van der Waals surface area contributed by atoms with E-state index in [0.29, 0.717) is 11.4 Å². The Balaban J connectivity index is 2.56. The van der Waals surface area contributed by atoms with Crippen molar-refractivity contribution in [2.75, 3.05) is 6.54 Å². The van der Waals surface area contributed by atoms with E-state index in [4.69, 9.17) is 0 Å². The van der Waals surface area contributed by atoms with Crippen molar-refractivity contribution < 1.29 is 19.4 Å². The molecule has 0 fully saturated rings. The van der Waals surface area contributed by atoms with E-state index in [9.17, 15) is 14.7 Å². The van der Waals surface area contributed by atoms with Gasteiger partial charge in [-0.3, -0.25) is 4.79 Å². The predicted octanol–water partition coefficient (Wildman–Crippen LogP) is -1.68. The number of hydrogen-bond acceptors (Lipinski definition) is 5. The van der Waals surface area contributed by atoms with Crippen LogP contribution >= 0.6 is 11.5 Å². The summed E-state index contributed by atoms with van der Waals surface area (Å²) in [7, 11) is 0. The molecule has 1 aromatic heterocycles. The normalized spacial score (nSPS) is 9.93. The van der Waals surface area contributed by atoms with Crippen LogP contribution in [0.3, 0.4) is 0 Å². The smallest absolute Gasteiger partial charge is 0.269 e. The third kappa shape index (κ3) is 3.62. The molecule has 0 unspecified atom stereocenters. The molecule has 0 spiro atoms. The number of rotatable bonds is 5. The first-order valence-electron chi connectivity index (χ1n) is 4.48. The number of carbonyl (C=O) groups is 2. The Kier molecular flexibility index (Phi) is 4.17. The van der Waals surface area contributed by atoms with Gasteiger partial charge < -0.3 is 15.2 Å². The van der Waals surface area contributed by atoms with E-state index in [1.807, 2.05) is 6.92 Å². The van der Waals surface area contributed by atoms with Crippen molar-refractivity contribution in [3.8, 4) is 0 Å². The van der Waals surface area contributed by atoms with Crippen molar-refractivity contribution in [1.29, 1.82) is 0 Å². The largest absolute Gasteiger partial charge is 0.550 e. The van der Waals surface area contributed by atoms with Crippen molar-refractivity contribution in [2.24, 2.45) is 0 Å². The number of amides is 1. The van der Waals surface area contributed by atoms with E-state index < -0.39 is 5.97 Å². The zero-order chi connectivity index (χ0) is 11.3. The monoisotopic (exact) mass is 229 g/mol. The maximum absolute atomic E-state index is 11.3. The third-order valence-electron chi connectivity index (χ3n) is 1.62. The minimum atomic E-state index is -1.13. The Morgan fingerprint density at radius 1 is 1.67 bits per heavy atom. The van der Waals surface area contributed by atoms with Crippen LogP contribution in [-0.2, 0) is 11.3 Å². The Hall–Kier alpha value is -1.50. The van der Waals surface area contributed by atoms with Gasteiger partial charge in [0.2, 0.25) is 6.20 Å². The second-order valence-electron chi connectivity index (χ2n) is 2.81. The van der Waals surface area contributed by atoms with Gasteiger partial charge in [-0.25, -0.2) is 0 Å². The number of nitrogens with zero attached hydrogens (tertiary/aromatic N) is 2. The van der Waals surface area contributed by atoms with Crippen molar-refractivity contribution >= 4 is 23.4 Å². The van der Waals surface area contributed by atoms with Gasteiger partial charge in [-0.05, 0) is 6.92 Å². The molecular weight excluding hydrogens is 218 g/mol. The molecule has 1 heterocycles. The molecule has 0 bridgehead atoms. The highest BCUT2D eigenvalue weighted by Gasteiger charge is 2.15. The summed E-state index contributed by atoms with van der Waals surface area (Å²) in [5.41, 5.74) is 0. The van der Waals surface area contributed by atoms with Crippen LogP contribution in [0.1, 0.15) is 23.0 Å². The molecule has 0 saturated heterocycles. The zero-order valence-corrected chi connectivity index (χ0v) is 9.04. The van der Waals surface area contributed by atoms with Crippen LogP contribution in [0.15, 0.2) is 6.20 Å². The molecule has 82 valence electrons. The van der Waals surface area contributed by atoms with Gasteiger partial charge in [0.1, 0.15) is 0 Å². The Bertz CT molecular complexity index is 364. The lowest BCUT2D eigenvalue weighted by molar-refractivity contribution is -0.745. The molecule has 0 aliphatic heterocycles. The summed E-state index contributed by atoms with van der Waals surface area (Å²) in [6.45, 7) is 2.59. The van der Waals surface area contributed by atoms with Gasteiger partial charge in [0, 0.05) is 30.5 Å². The number of hydrogen-bond donors (Lipinski definition) is 1. The summed E-state index contributed by atoms with van der Waals surface area (Å²) in [4.78, 5) is 22.0. The van der Waals surface area contributed by atoms with Gasteiger partial charge >= 0.3 is 0 Å². The summed E-state index contributed by atoms with van der Waals surface area (Å²) in [6, 6.07) is 0. The molecule has 0 atom stereocenters. The van der Waals surface area contributed by atoms with E-state index in [0.717, 1.165) is 11.5 Å². The molecule has 0 saturated carbocycles. The molecular formula is C8H11N3O3S. The second kappa shape index (κ2) is 5.40. The minimum absolute atomic E-state index is 0.108. The summed E-state index contributed by atoms with van der Waals surface area (Å²) in [6.07, 6.45) is 1.42. The van der Waals surface area contributed by atoms with Crippen LogP contribution in [0.4, 0.5) is 0 Å². The number of aromatic nitrogens is 2. The maximum Gasteiger partial charge on any atom is 0.269 e. The first-order chi connectivity index (χ1) is 7.13. The summed E-state index contributed by atoms with van der Waals surface area (Å²) in [5.74, 6) is -1.32. The number of nitrogens with one attached hydrogen (secondary N) is 1. The molecule has 1 aromatic rings. The topological polar surface area (TPSA) is 86.0 Å². The third-order valence-corrected chi connectivity index (χ3v) is 2.40. The van der Waals surface area contributed by atoms with Crippen molar-refractivity contribution in [1.82, 2.24) is 9.81 Å². The van der Waals surface area contributed by atoms with Crippen molar-refractivity contribution in [3.63, 3.8) is 0 Å². The average molecular weight is 229 g/mol. The molecule has 1 rings (SSSR count). The van der Waals surface area contributed by atoms with Gasteiger partial charge in [0.25, 0.3) is 5.91 Å².